The maximum atomic E-state index is 12.5. The van der Waals surface area contributed by atoms with Crippen LogP contribution in [0.5, 0.6) is 5.75 Å². The van der Waals surface area contributed by atoms with E-state index < -0.39 is 10.0 Å². The lowest BCUT2D eigenvalue weighted by Crippen LogP contribution is -2.41. The van der Waals surface area contributed by atoms with E-state index in [-0.39, 0.29) is 28.4 Å². The smallest absolute Gasteiger partial charge is 0.243 e. The molecule has 1 aromatic rings. The summed E-state index contributed by atoms with van der Waals surface area (Å²) in [7, 11) is -2.44. The van der Waals surface area contributed by atoms with E-state index in [4.69, 9.17) is 16.3 Å². The minimum Gasteiger partial charge on any atom is -0.492 e. The molecule has 0 aliphatic rings. The van der Waals surface area contributed by atoms with Gasteiger partial charge in [0.25, 0.3) is 0 Å². The molecule has 1 atom stereocenters. The normalized spacial score (nSPS) is 13.0. The summed E-state index contributed by atoms with van der Waals surface area (Å²) in [6, 6.07) is 4.24. The average Bonchev–Trinajstić information content (AvgIpc) is 2.48. The van der Waals surface area contributed by atoms with E-state index in [1.165, 1.54) is 25.2 Å². The number of carbonyl (C=O) groups is 1. The highest BCUT2D eigenvalue weighted by Gasteiger charge is 2.24. The maximum Gasteiger partial charge on any atom is 0.243 e. The van der Waals surface area contributed by atoms with Gasteiger partial charge in [0.15, 0.2) is 0 Å². The van der Waals surface area contributed by atoms with Crippen LogP contribution in [0.3, 0.4) is 0 Å². The third-order valence-corrected chi connectivity index (χ3v) is 5.39. The van der Waals surface area contributed by atoms with Gasteiger partial charge in [0, 0.05) is 13.1 Å². The summed E-state index contributed by atoms with van der Waals surface area (Å²) in [5, 5.41) is 2.94. The summed E-state index contributed by atoms with van der Waals surface area (Å²) in [5.41, 5.74) is 0. The van der Waals surface area contributed by atoms with Crippen molar-refractivity contribution in [2.45, 2.75) is 38.1 Å². The van der Waals surface area contributed by atoms with Crippen molar-refractivity contribution in [1.82, 2.24) is 9.62 Å². The van der Waals surface area contributed by atoms with Crippen LogP contribution in [0.15, 0.2) is 23.1 Å². The Morgan fingerprint density at radius 3 is 2.57 bits per heavy atom. The first kappa shape index (κ1) is 19.7. The maximum absolute atomic E-state index is 12.5. The van der Waals surface area contributed by atoms with Crippen molar-refractivity contribution in [2.75, 3.05) is 20.2 Å². The molecule has 0 spiro atoms. The third kappa shape index (κ3) is 5.37. The Bertz CT molecular complexity index is 649. The molecule has 0 saturated carbocycles. The number of sulfonamides is 1. The second-order valence-corrected chi connectivity index (χ2v) is 7.62. The van der Waals surface area contributed by atoms with E-state index in [0.29, 0.717) is 12.4 Å². The molecule has 6 nitrogen and oxygen atoms in total. The van der Waals surface area contributed by atoms with Crippen molar-refractivity contribution >= 4 is 27.5 Å². The zero-order valence-electron chi connectivity index (χ0n) is 13.8. The molecule has 0 aromatic heterocycles. The molecule has 0 radical (unpaired) electrons. The molecule has 0 aliphatic carbocycles. The number of benzene rings is 1. The molecule has 1 N–H and O–H groups in total. The van der Waals surface area contributed by atoms with Crippen LogP contribution in [-0.4, -0.2) is 44.9 Å². The summed E-state index contributed by atoms with van der Waals surface area (Å²) in [4.78, 5) is 11.9. The fourth-order valence-corrected chi connectivity index (χ4v) is 3.26. The molecule has 8 heteroatoms. The minimum absolute atomic E-state index is 0.00137. The van der Waals surface area contributed by atoms with Gasteiger partial charge in [0.1, 0.15) is 5.75 Å². The van der Waals surface area contributed by atoms with Gasteiger partial charge in [0.2, 0.25) is 15.9 Å². The molecule has 1 aromatic carbocycles. The number of hydrogen-bond donors (Lipinski definition) is 1. The van der Waals surface area contributed by atoms with E-state index >= 15 is 0 Å². The zero-order valence-corrected chi connectivity index (χ0v) is 15.4. The SMILES string of the molecule is CCOc1ccc(S(=O)(=O)N(C)CC(=O)N[C@@H](C)CC)cc1Cl. The summed E-state index contributed by atoms with van der Waals surface area (Å²) in [6.07, 6.45) is 0.775. The van der Waals surface area contributed by atoms with Gasteiger partial charge in [-0.1, -0.05) is 18.5 Å². The van der Waals surface area contributed by atoms with Gasteiger partial charge in [-0.25, -0.2) is 8.42 Å². The second-order valence-electron chi connectivity index (χ2n) is 5.16. The van der Waals surface area contributed by atoms with E-state index in [9.17, 15) is 13.2 Å². The number of amides is 1. The Kier molecular flexibility index (Phi) is 7.31. The lowest BCUT2D eigenvalue weighted by Gasteiger charge is -2.19. The van der Waals surface area contributed by atoms with E-state index in [1.807, 2.05) is 20.8 Å². The summed E-state index contributed by atoms with van der Waals surface area (Å²) < 4.78 is 31.3. The molecular weight excluding hydrogens is 340 g/mol. The van der Waals surface area contributed by atoms with Crippen LogP contribution in [0.4, 0.5) is 0 Å². The Labute approximate surface area is 142 Å². The molecule has 0 aliphatic heterocycles. The lowest BCUT2D eigenvalue weighted by molar-refractivity contribution is -0.121. The number of ether oxygens (including phenoxy) is 1. The Balaban J connectivity index is 2.89. The van der Waals surface area contributed by atoms with Gasteiger partial charge < -0.3 is 10.1 Å². The minimum atomic E-state index is -3.80. The van der Waals surface area contributed by atoms with E-state index in [1.54, 1.807) is 0 Å². The fraction of sp³-hybridized carbons (Fsp3) is 0.533. The number of halogens is 1. The van der Waals surface area contributed by atoms with Crippen LogP contribution in [0, 0.1) is 0 Å². The van der Waals surface area contributed by atoms with Crippen molar-refractivity contribution in [3.63, 3.8) is 0 Å². The van der Waals surface area contributed by atoms with Gasteiger partial charge in [-0.15, -0.1) is 0 Å². The number of nitrogens with zero attached hydrogens (tertiary/aromatic N) is 1. The van der Waals surface area contributed by atoms with Gasteiger partial charge in [-0.05, 0) is 38.5 Å². The monoisotopic (exact) mass is 362 g/mol. The number of rotatable bonds is 8. The summed E-state index contributed by atoms with van der Waals surface area (Å²) in [5.74, 6) is 0.0766. The number of likely N-dealkylation sites (N-methyl/N-ethyl adjacent to an activating group) is 1. The van der Waals surface area contributed by atoms with Crippen molar-refractivity contribution in [3.8, 4) is 5.75 Å². The first-order valence-corrected chi connectivity index (χ1v) is 9.22. The second kappa shape index (κ2) is 8.52. The number of nitrogens with one attached hydrogen (secondary N) is 1. The van der Waals surface area contributed by atoms with Gasteiger partial charge in [0.05, 0.1) is 23.1 Å². The van der Waals surface area contributed by atoms with E-state index in [0.717, 1.165) is 10.7 Å². The van der Waals surface area contributed by atoms with E-state index in [2.05, 4.69) is 5.32 Å². The van der Waals surface area contributed by atoms with Crippen molar-refractivity contribution < 1.29 is 17.9 Å². The highest BCUT2D eigenvalue weighted by atomic mass is 35.5. The molecule has 0 unspecified atom stereocenters. The highest BCUT2D eigenvalue weighted by molar-refractivity contribution is 7.89. The molecule has 1 amide bonds. The summed E-state index contributed by atoms with van der Waals surface area (Å²) >= 11 is 6.03. The van der Waals surface area contributed by atoms with Crippen molar-refractivity contribution in [3.05, 3.63) is 23.2 Å². The standard InChI is InChI=1S/C15H23ClN2O4S/c1-5-11(3)17-15(19)10-18(4)23(20,21)12-7-8-14(22-6-2)13(16)9-12/h7-9,11H,5-6,10H2,1-4H3,(H,17,19)/t11-/m0/s1. The van der Waals surface area contributed by atoms with Crippen LogP contribution in [0.25, 0.3) is 0 Å². The molecule has 130 valence electrons. The predicted octanol–water partition coefficient (Wildman–Crippen LogP) is 2.27. The molecular formula is C15H23ClN2O4S. The highest BCUT2D eigenvalue weighted by Crippen LogP contribution is 2.28. The zero-order chi connectivity index (χ0) is 17.6. The Morgan fingerprint density at radius 2 is 2.04 bits per heavy atom. The Hall–Kier alpha value is -1.31. The van der Waals surface area contributed by atoms with Crippen LogP contribution in [0.2, 0.25) is 5.02 Å². The first-order valence-electron chi connectivity index (χ1n) is 7.40. The fourth-order valence-electron chi connectivity index (χ4n) is 1.80. The van der Waals surface area contributed by atoms with Crippen molar-refractivity contribution in [2.24, 2.45) is 0 Å². The lowest BCUT2D eigenvalue weighted by atomic mass is 10.2. The van der Waals surface area contributed by atoms with Gasteiger partial charge in [-0.3, -0.25) is 4.79 Å². The largest absolute Gasteiger partial charge is 0.492 e. The third-order valence-electron chi connectivity index (χ3n) is 3.30. The quantitative estimate of drug-likeness (QED) is 0.769. The number of hydrogen-bond acceptors (Lipinski definition) is 4. The molecule has 1 rings (SSSR count). The molecule has 0 saturated heterocycles. The van der Waals surface area contributed by atoms with Crippen molar-refractivity contribution in [1.29, 1.82) is 0 Å². The van der Waals surface area contributed by atoms with Gasteiger partial charge >= 0.3 is 0 Å². The Morgan fingerprint density at radius 1 is 1.39 bits per heavy atom. The van der Waals surface area contributed by atoms with Crippen LogP contribution >= 0.6 is 11.6 Å². The molecule has 23 heavy (non-hydrogen) atoms. The first-order chi connectivity index (χ1) is 10.7. The average molecular weight is 363 g/mol. The topological polar surface area (TPSA) is 75.7 Å². The molecule has 0 bridgehead atoms. The number of carbonyl (C=O) groups excluding carboxylic acids is 1. The predicted molar refractivity (Wildman–Crippen MR) is 90.3 cm³/mol. The molecule has 0 heterocycles. The van der Waals surface area contributed by atoms with Crippen LogP contribution < -0.4 is 10.1 Å². The molecule has 0 fully saturated rings. The van der Waals surface area contributed by atoms with Gasteiger partial charge in [-0.2, -0.15) is 4.31 Å². The summed E-state index contributed by atoms with van der Waals surface area (Å²) in [6.45, 7) is 5.79. The van der Waals surface area contributed by atoms with Crippen LogP contribution in [0.1, 0.15) is 27.2 Å². The van der Waals surface area contributed by atoms with Crippen LogP contribution in [-0.2, 0) is 14.8 Å².